The van der Waals surface area contributed by atoms with Gasteiger partial charge in [-0.05, 0) is 44.7 Å². The molecule has 0 atom stereocenters. The molecule has 1 aromatic rings. The highest BCUT2D eigenvalue weighted by atomic mass is 16.5. The van der Waals surface area contributed by atoms with Crippen LogP contribution in [-0.4, -0.2) is 35.9 Å². The van der Waals surface area contributed by atoms with Gasteiger partial charge >= 0.3 is 0 Å². The minimum atomic E-state index is 0.831. The first-order valence-corrected chi connectivity index (χ1v) is 6.69. The molecular weight excluding hydrogens is 214 g/mol. The Hall–Kier alpha value is -0.870. The van der Waals surface area contributed by atoms with Gasteiger partial charge in [-0.15, -0.1) is 0 Å². The molecule has 96 valence electrons. The average Bonchev–Trinajstić information content (AvgIpc) is 2.88. The van der Waals surface area contributed by atoms with Crippen LogP contribution in [-0.2, 0) is 11.3 Å². The number of hydrogen-bond acceptors (Lipinski definition) is 3. The van der Waals surface area contributed by atoms with Crippen molar-refractivity contribution in [1.29, 1.82) is 0 Å². The zero-order valence-corrected chi connectivity index (χ0v) is 10.5. The molecule has 0 saturated carbocycles. The number of imidazole rings is 1. The molecule has 1 aliphatic rings. The summed E-state index contributed by atoms with van der Waals surface area (Å²) in [4.78, 5) is 4.03. The summed E-state index contributed by atoms with van der Waals surface area (Å²) in [5.41, 5.74) is 0. The fraction of sp³-hybridized carbons (Fsp3) is 0.769. The van der Waals surface area contributed by atoms with Crippen LogP contribution in [0.15, 0.2) is 18.7 Å². The first-order chi connectivity index (χ1) is 8.45. The number of hydrogen-bond donors (Lipinski definition) is 1. The number of nitrogens with one attached hydrogen (secondary N) is 1. The maximum Gasteiger partial charge on any atom is 0.0945 e. The van der Waals surface area contributed by atoms with Gasteiger partial charge < -0.3 is 14.6 Å². The zero-order chi connectivity index (χ0) is 11.8. The number of ether oxygens (including phenoxy) is 1. The molecule has 17 heavy (non-hydrogen) atoms. The van der Waals surface area contributed by atoms with E-state index >= 15 is 0 Å². The normalized spacial score (nSPS) is 17.4. The Kier molecular flexibility index (Phi) is 5.52. The predicted molar refractivity (Wildman–Crippen MR) is 67.9 cm³/mol. The Labute approximate surface area is 103 Å². The molecule has 0 unspecified atom stereocenters. The molecule has 1 aromatic heterocycles. The second-order valence-corrected chi connectivity index (χ2v) is 4.77. The maximum absolute atomic E-state index is 5.35. The van der Waals surface area contributed by atoms with E-state index in [0.29, 0.717) is 0 Å². The molecular formula is C13H23N3O. The van der Waals surface area contributed by atoms with Crippen LogP contribution in [0.2, 0.25) is 0 Å². The molecule has 1 N–H and O–H groups in total. The fourth-order valence-electron chi connectivity index (χ4n) is 2.22. The second kappa shape index (κ2) is 7.45. The highest BCUT2D eigenvalue weighted by Crippen LogP contribution is 2.12. The van der Waals surface area contributed by atoms with Crippen molar-refractivity contribution < 1.29 is 4.74 Å². The second-order valence-electron chi connectivity index (χ2n) is 4.77. The number of nitrogens with zero attached hydrogens (tertiary/aromatic N) is 2. The van der Waals surface area contributed by atoms with Gasteiger partial charge in [-0.3, -0.25) is 0 Å². The predicted octanol–water partition coefficient (Wildman–Crippen LogP) is 1.68. The van der Waals surface area contributed by atoms with Gasteiger partial charge in [-0.2, -0.15) is 0 Å². The number of aryl methyl sites for hydroxylation is 1. The lowest BCUT2D eigenvalue weighted by Gasteiger charge is -2.22. The molecule has 0 radical (unpaired) electrons. The molecule has 0 aliphatic carbocycles. The van der Waals surface area contributed by atoms with Crippen molar-refractivity contribution in [2.45, 2.75) is 32.2 Å². The number of unbranched alkanes of at least 4 members (excludes halogenated alkanes) is 1. The van der Waals surface area contributed by atoms with Gasteiger partial charge in [0.2, 0.25) is 0 Å². The van der Waals surface area contributed by atoms with Gasteiger partial charge in [0.25, 0.3) is 0 Å². The molecule has 1 fully saturated rings. The third-order valence-electron chi connectivity index (χ3n) is 3.35. The molecule has 0 spiro atoms. The van der Waals surface area contributed by atoms with E-state index in [0.717, 1.165) is 38.8 Å². The number of aromatic nitrogens is 2. The average molecular weight is 237 g/mol. The SMILES string of the molecule is c1cn(CCCCNCC2CCOCC2)cn1. The minimum absolute atomic E-state index is 0.831. The standard InChI is InChI=1S/C13H23N3O/c1(2-7-16-8-6-15-12-16)5-14-11-13-3-9-17-10-4-13/h6,8,12-14H,1-5,7,9-11H2. The van der Waals surface area contributed by atoms with Crippen LogP contribution in [0.3, 0.4) is 0 Å². The summed E-state index contributed by atoms with van der Waals surface area (Å²) in [6.45, 7) is 5.28. The topological polar surface area (TPSA) is 39.1 Å². The van der Waals surface area contributed by atoms with Crippen molar-refractivity contribution in [3.8, 4) is 0 Å². The Balaban J connectivity index is 1.43. The Morgan fingerprint density at radius 2 is 2.18 bits per heavy atom. The molecule has 0 aromatic carbocycles. The van der Waals surface area contributed by atoms with E-state index < -0.39 is 0 Å². The van der Waals surface area contributed by atoms with Crippen LogP contribution in [0, 0.1) is 5.92 Å². The van der Waals surface area contributed by atoms with Gasteiger partial charge in [0.15, 0.2) is 0 Å². The van der Waals surface area contributed by atoms with Crippen molar-refractivity contribution in [3.05, 3.63) is 18.7 Å². The summed E-state index contributed by atoms with van der Waals surface area (Å²) >= 11 is 0. The van der Waals surface area contributed by atoms with Gasteiger partial charge in [0.1, 0.15) is 0 Å². The lowest BCUT2D eigenvalue weighted by Crippen LogP contribution is -2.28. The highest BCUT2D eigenvalue weighted by Gasteiger charge is 2.12. The Morgan fingerprint density at radius 3 is 2.94 bits per heavy atom. The lowest BCUT2D eigenvalue weighted by atomic mass is 10.0. The molecule has 0 bridgehead atoms. The summed E-state index contributed by atoms with van der Waals surface area (Å²) in [5, 5.41) is 3.55. The lowest BCUT2D eigenvalue weighted by molar-refractivity contribution is 0.0663. The molecule has 4 nitrogen and oxygen atoms in total. The summed E-state index contributed by atoms with van der Waals surface area (Å²) in [6.07, 6.45) is 10.6. The smallest absolute Gasteiger partial charge is 0.0945 e. The molecule has 2 heterocycles. The van der Waals surface area contributed by atoms with Crippen LogP contribution >= 0.6 is 0 Å². The quantitative estimate of drug-likeness (QED) is 0.733. The number of rotatable bonds is 7. The van der Waals surface area contributed by atoms with Gasteiger partial charge in [0.05, 0.1) is 6.33 Å². The fourth-order valence-corrected chi connectivity index (χ4v) is 2.22. The van der Waals surface area contributed by atoms with Crippen molar-refractivity contribution in [2.24, 2.45) is 5.92 Å². The molecule has 1 aliphatic heterocycles. The van der Waals surface area contributed by atoms with Crippen molar-refractivity contribution in [3.63, 3.8) is 0 Å². The van der Waals surface area contributed by atoms with Crippen LogP contribution < -0.4 is 5.32 Å². The minimum Gasteiger partial charge on any atom is -0.381 e. The highest BCUT2D eigenvalue weighted by molar-refractivity contribution is 4.73. The molecule has 2 rings (SSSR count). The van der Waals surface area contributed by atoms with E-state index in [2.05, 4.69) is 14.9 Å². The molecule has 4 heteroatoms. The summed E-state index contributed by atoms with van der Waals surface area (Å²) < 4.78 is 7.49. The van der Waals surface area contributed by atoms with E-state index in [-0.39, 0.29) is 0 Å². The first kappa shape index (κ1) is 12.6. The Morgan fingerprint density at radius 1 is 1.29 bits per heavy atom. The van der Waals surface area contributed by atoms with Gasteiger partial charge in [-0.1, -0.05) is 0 Å². The Bertz CT molecular complexity index is 281. The van der Waals surface area contributed by atoms with E-state index in [1.54, 1.807) is 0 Å². The molecule has 0 amide bonds. The zero-order valence-electron chi connectivity index (χ0n) is 10.5. The van der Waals surface area contributed by atoms with Crippen LogP contribution in [0.1, 0.15) is 25.7 Å². The van der Waals surface area contributed by atoms with Crippen molar-refractivity contribution in [1.82, 2.24) is 14.9 Å². The summed E-state index contributed by atoms with van der Waals surface area (Å²) in [6, 6.07) is 0. The largest absolute Gasteiger partial charge is 0.381 e. The van der Waals surface area contributed by atoms with Crippen LogP contribution in [0.5, 0.6) is 0 Å². The maximum atomic E-state index is 5.35. The summed E-state index contributed by atoms with van der Waals surface area (Å²) in [5.74, 6) is 0.831. The van der Waals surface area contributed by atoms with Crippen LogP contribution in [0.4, 0.5) is 0 Å². The third-order valence-corrected chi connectivity index (χ3v) is 3.35. The van der Waals surface area contributed by atoms with E-state index in [1.807, 2.05) is 18.7 Å². The first-order valence-electron chi connectivity index (χ1n) is 6.69. The van der Waals surface area contributed by atoms with Crippen molar-refractivity contribution in [2.75, 3.05) is 26.3 Å². The van der Waals surface area contributed by atoms with Crippen LogP contribution in [0.25, 0.3) is 0 Å². The molecule has 1 saturated heterocycles. The third kappa shape index (κ3) is 4.88. The van der Waals surface area contributed by atoms with Crippen molar-refractivity contribution >= 4 is 0 Å². The monoisotopic (exact) mass is 237 g/mol. The van der Waals surface area contributed by atoms with E-state index in [9.17, 15) is 0 Å². The van der Waals surface area contributed by atoms with Gasteiger partial charge in [-0.25, -0.2) is 4.98 Å². The van der Waals surface area contributed by atoms with E-state index in [4.69, 9.17) is 4.74 Å². The van der Waals surface area contributed by atoms with Gasteiger partial charge in [0, 0.05) is 32.2 Å². The summed E-state index contributed by atoms with van der Waals surface area (Å²) in [7, 11) is 0. The van der Waals surface area contributed by atoms with E-state index in [1.165, 1.54) is 25.7 Å².